The summed E-state index contributed by atoms with van der Waals surface area (Å²) in [6, 6.07) is 15.3. The van der Waals surface area contributed by atoms with Crippen LogP contribution in [-0.2, 0) is 9.59 Å². The number of hydrazone groups is 1. The lowest BCUT2D eigenvalue weighted by Gasteiger charge is -2.10. The number of anilines is 1. The van der Waals surface area contributed by atoms with Crippen LogP contribution in [0, 0.1) is 24.0 Å². The van der Waals surface area contributed by atoms with Gasteiger partial charge in [-0.05, 0) is 60.9 Å². The number of carbonyl (C=O) groups excluding carboxylic acids is 3. The van der Waals surface area contributed by atoms with Gasteiger partial charge in [-0.15, -0.1) is 0 Å². The smallest absolute Gasteiger partial charge is 0.350 e. The first kappa shape index (κ1) is 25.6. The largest absolute Gasteiger partial charge is 0.493 e. The molecule has 11 nitrogen and oxygen atoms in total. The van der Waals surface area contributed by atoms with Crippen molar-refractivity contribution in [1.82, 2.24) is 5.43 Å². The number of ether oxygens (including phenoxy) is 2. The molecule has 0 spiro atoms. The fourth-order valence-corrected chi connectivity index (χ4v) is 3.07. The van der Waals surface area contributed by atoms with Crippen LogP contribution < -0.4 is 20.2 Å². The van der Waals surface area contributed by atoms with Gasteiger partial charge in [0, 0.05) is 11.8 Å². The Morgan fingerprint density at radius 3 is 2.44 bits per heavy atom. The molecule has 0 aliphatic rings. The first-order valence-corrected chi connectivity index (χ1v) is 10.5. The van der Waals surface area contributed by atoms with E-state index in [9.17, 15) is 24.5 Å². The maximum absolute atomic E-state index is 12.5. The van der Waals surface area contributed by atoms with E-state index in [-0.39, 0.29) is 22.7 Å². The summed E-state index contributed by atoms with van der Waals surface area (Å²) in [7, 11) is 1.35. The molecule has 0 bridgehead atoms. The van der Waals surface area contributed by atoms with Gasteiger partial charge >= 0.3 is 17.8 Å². The third kappa shape index (κ3) is 6.29. The van der Waals surface area contributed by atoms with Crippen LogP contribution in [0.4, 0.5) is 11.4 Å². The minimum absolute atomic E-state index is 0.0229. The second-order valence-electron chi connectivity index (χ2n) is 7.55. The Kier molecular flexibility index (Phi) is 8.08. The van der Waals surface area contributed by atoms with E-state index >= 15 is 0 Å². The summed E-state index contributed by atoms with van der Waals surface area (Å²) < 4.78 is 10.5. The number of nitrogens with one attached hydrogen (secondary N) is 2. The first-order chi connectivity index (χ1) is 17.2. The normalized spacial score (nSPS) is 10.5. The van der Waals surface area contributed by atoms with Crippen molar-refractivity contribution in [2.24, 2.45) is 5.10 Å². The third-order valence-corrected chi connectivity index (χ3v) is 4.94. The van der Waals surface area contributed by atoms with Crippen LogP contribution in [0.15, 0.2) is 65.8 Å². The van der Waals surface area contributed by atoms with Crippen LogP contribution >= 0.6 is 0 Å². The van der Waals surface area contributed by atoms with Crippen LogP contribution in [0.2, 0.25) is 0 Å². The quantitative estimate of drug-likeness (QED) is 0.128. The van der Waals surface area contributed by atoms with Gasteiger partial charge in [-0.3, -0.25) is 19.7 Å². The number of benzene rings is 3. The van der Waals surface area contributed by atoms with Crippen LogP contribution in [-0.4, -0.2) is 36.0 Å². The highest BCUT2D eigenvalue weighted by molar-refractivity contribution is 6.39. The molecule has 36 heavy (non-hydrogen) atoms. The summed E-state index contributed by atoms with van der Waals surface area (Å²) >= 11 is 0. The van der Waals surface area contributed by atoms with E-state index in [1.165, 1.54) is 55.8 Å². The Labute approximate surface area is 205 Å². The van der Waals surface area contributed by atoms with Crippen molar-refractivity contribution in [3.8, 4) is 11.5 Å². The SMILES string of the molecule is COc1cc(/C=N/NC(=O)C(=O)Nc2cc(C)ccc2C)ccc1OC(=O)c1ccccc1[N+](=O)[O-]. The number of carbonyl (C=O) groups is 3. The molecular formula is C25H22N4O7. The Hall–Kier alpha value is -5.06. The van der Waals surface area contributed by atoms with E-state index in [2.05, 4.69) is 15.8 Å². The molecule has 2 amide bonds. The van der Waals surface area contributed by atoms with Gasteiger partial charge in [0.1, 0.15) is 5.56 Å². The molecule has 0 heterocycles. The van der Waals surface area contributed by atoms with E-state index < -0.39 is 22.7 Å². The van der Waals surface area contributed by atoms with Gasteiger partial charge in [0.05, 0.1) is 18.2 Å². The molecule has 0 atom stereocenters. The fraction of sp³-hybridized carbons (Fsp3) is 0.120. The van der Waals surface area contributed by atoms with E-state index in [1.54, 1.807) is 13.0 Å². The Morgan fingerprint density at radius 2 is 1.72 bits per heavy atom. The second-order valence-corrected chi connectivity index (χ2v) is 7.55. The molecule has 0 aromatic heterocycles. The average Bonchev–Trinajstić information content (AvgIpc) is 2.86. The zero-order valence-electron chi connectivity index (χ0n) is 19.6. The zero-order valence-corrected chi connectivity index (χ0v) is 19.6. The lowest BCUT2D eigenvalue weighted by Crippen LogP contribution is -2.32. The molecule has 184 valence electrons. The molecule has 0 unspecified atom stereocenters. The van der Waals surface area contributed by atoms with Crippen LogP contribution in [0.1, 0.15) is 27.0 Å². The number of nitrogens with zero attached hydrogens (tertiary/aromatic N) is 2. The van der Waals surface area contributed by atoms with Crippen LogP contribution in [0.5, 0.6) is 11.5 Å². The summed E-state index contributed by atoms with van der Waals surface area (Å²) in [6.45, 7) is 3.67. The van der Waals surface area contributed by atoms with Crippen molar-refractivity contribution < 1.29 is 28.8 Å². The number of para-hydroxylation sites is 1. The number of nitro groups is 1. The predicted octanol–water partition coefficient (Wildman–Crippen LogP) is 3.53. The molecule has 0 aliphatic carbocycles. The van der Waals surface area contributed by atoms with Gasteiger partial charge in [0.15, 0.2) is 11.5 Å². The van der Waals surface area contributed by atoms with Gasteiger partial charge in [-0.1, -0.05) is 24.3 Å². The number of aryl methyl sites for hydroxylation is 2. The number of methoxy groups -OCH3 is 1. The summed E-state index contributed by atoms with van der Waals surface area (Å²) in [5.41, 5.74) is 4.25. The van der Waals surface area contributed by atoms with Gasteiger partial charge < -0.3 is 14.8 Å². The highest BCUT2D eigenvalue weighted by atomic mass is 16.6. The highest BCUT2D eigenvalue weighted by Crippen LogP contribution is 2.29. The molecule has 0 radical (unpaired) electrons. The van der Waals surface area contributed by atoms with Crippen molar-refractivity contribution in [1.29, 1.82) is 0 Å². The van der Waals surface area contributed by atoms with E-state index in [0.29, 0.717) is 11.3 Å². The maximum Gasteiger partial charge on any atom is 0.350 e. The minimum Gasteiger partial charge on any atom is -0.493 e. The maximum atomic E-state index is 12.5. The number of hydrogen-bond acceptors (Lipinski definition) is 8. The molecule has 2 N–H and O–H groups in total. The lowest BCUT2D eigenvalue weighted by molar-refractivity contribution is -0.385. The summed E-state index contributed by atoms with van der Waals surface area (Å²) in [5, 5.41) is 17.5. The number of esters is 1. The Bertz CT molecular complexity index is 1370. The van der Waals surface area contributed by atoms with Gasteiger partial charge in [-0.25, -0.2) is 10.2 Å². The molecule has 0 saturated heterocycles. The Morgan fingerprint density at radius 1 is 0.972 bits per heavy atom. The van der Waals surface area contributed by atoms with E-state index in [0.717, 1.165) is 11.1 Å². The van der Waals surface area contributed by atoms with Gasteiger partial charge in [0.2, 0.25) is 0 Å². The lowest BCUT2D eigenvalue weighted by atomic mass is 10.1. The van der Waals surface area contributed by atoms with E-state index in [4.69, 9.17) is 9.47 Å². The zero-order chi connectivity index (χ0) is 26.2. The number of hydrogen-bond donors (Lipinski definition) is 2. The molecule has 0 saturated carbocycles. The molecule has 3 rings (SSSR count). The van der Waals surface area contributed by atoms with Gasteiger partial charge in [0.25, 0.3) is 5.69 Å². The summed E-state index contributed by atoms with van der Waals surface area (Å²) in [5.74, 6) is -2.60. The molecule has 0 fully saturated rings. The second kappa shape index (κ2) is 11.4. The highest BCUT2D eigenvalue weighted by Gasteiger charge is 2.22. The number of nitro benzene ring substituents is 1. The monoisotopic (exact) mass is 490 g/mol. The van der Waals surface area contributed by atoms with E-state index in [1.807, 2.05) is 19.1 Å². The van der Waals surface area contributed by atoms with Crippen molar-refractivity contribution in [2.75, 3.05) is 12.4 Å². The summed E-state index contributed by atoms with van der Waals surface area (Å²) in [6.07, 6.45) is 1.26. The van der Waals surface area contributed by atoms with Crippen molar-refractivity contribution in [3.05, 3.63) is 93.0 Å². The third-order valence-electron chi connectivity index (χ3n) is 4.94. The number of amides is 2. The summed E-state index contributed by atoms with van der Waals surface area (Å²) in [4.78, 5) is 47.2. The topological polar surface area (TPSA) is 149 Å². The minimum atomic E-state index is -0.964. The first-order valence-electron chi connectivity index (χ1n) is 10.5. The van der Waals surface area contributed by atoms with Crippen molar-refractivity contribution in [3.63, 3.8) is 0 Å². The van der Waals surface area contributed by atoms with Gasteiger partial charge in [-0.2, -0.15) is 5.10 Å². The number of rotatable bonds is 7. The van der Waals surface area contributed by atoms with Crippen LogP contribution in [0.3, 0.4) is 0 Å². The standard InChI is InChI=1S/C25H22N4O7/c1-15-8-9-16(2)19(12-15)27-23(30)24(31)28-26-14-17-10-11-21(22(13-17)35-3)36-25(32)18-6-4-5-7-20(18)29(33)34/h4-14H,1-3H3,(H,27,30)(H,28,31)/b26-14+. The van der Waals surface area contributed by atoms with Crippen molar-refractivity contribution in [2.45, 2.75) is 13.8 Å². The molecule has 11 heteroatoms. The average molecular weight is 490 g/mol. The van der Waals surface area contributed by atoms with Crippen LogP contribution in [0.25, 0.3) is 0 Å². The van der Waals surface area contributed by atoms with Crippen molar-refractivity contribution >= 4 is 35.4 Å². The molecule has 0 aliphatic heterocycles. The fourth-order valence-electron chi connectivity index (χ4n) is 3.07. The predicted molar refractivity (Wildman–Crippen MR) is 131 cm³/mol. The Balaban J connectivity index is 1.65. The molecule has 3 aromatic carbocycles. The molecular weight excluding hydrogens is 468 g/mol. The molecule has 3 aromatic rings.